The Morgan fingerprint density at radius 3 is 1.84 bits per heavy atom. The number of methoxy groups -OCH3 is 2. The van der Waals surface area contributed by atoms with Crippen molar-refractivity contribution in [2.45, 2.75) is 46.2 Å². The molecule has 2 atom stereocenters. The molecule has 11 nitrogen and oxygen atoms in total. The van der Waals surface area contributed by atoms with Crippen LogP contribution in [0.3, 0.4) is 0 Å². The molecule has 0 saturated carbocycles. The molecule has 1 amide bonds. The molecular weight excluding hydrogens is 624 g/mol. The first-order valence-electron chi connectivity index (χ1n) is 13.8. The zero-order valence-corrected chi connectivity index (χ0v) is 25.3. The molecule has 1 aromatic heterocycles. The van der Waals surface area contributed by atoms with Crippen LogP contribution in [-0.4, -0.2) is 125 Å². The van der Waals surface area contributed by atoms with Gasteiger partial charge in [0.15, 0.2) is 28.8 Å². The second-order valence-electron chi connectivity index (χ2n) is 10.5. The predicted octanol–water partition coefficient (Wildman–Crippen LogP) is 3.72. The summed E-state index contributed by atoms with van der Waals surface area (Å²) in [7, 11) is 3.08. The third kappa shape index (κ3) is 9.84. The molecule has 0 saturated heterocycles. The van der Waals surface area contributed by atoms with Crippen LogP contribution in [0, 0.1) is 11.8 Å². The number of ketones is 1. The Hall–Kier alpha value is -2.32. The van der Waals surface area contributed by atoms with Gasteiger partial charge in [0, 0.05) is 43.1 Å². The summed E-state index contributed by atoms with van der Waals surface area (Å²) in [6.07, 6.45) is 0.416. The van der Waals surface area contributed by atoms with Gasteiger partial charge in [-0.2, -0.15) is 0 Å². The SMILES string of the molecule is COc1cc2c(cc1OCCCOc1cc3cc(C(=O)C[C@H](C)C(=O)O)sc3cc1OC)CN(C(=O)C[C@H](C)C(=O)O)C2.[NaH].[NaH]. The molecule has 0 spiro atoms. The molecular formula is C31H37NNa2O10S. The molecule has 0 aliphatic carbocycles. The van der Waals surface area contributed by atoms with Crippen molar-refractivity contribution in [3.63, 3.8) is 0 Å². The molecule has 1 aliphatic rings. The van der Waals surface area contributed by atoms with E-state index in [1.165, 1.54) is 32.3 Å². The van der Waals surface area contributed by atoms with E-state index < -0.39 is 23.8 Å². The average Bonchev–Trinajstić information content (AvgIpc) is 3.59. The van der Waals surface area contributed by atoms with Crippen LogP contribution in [0.15, 0.2) is 30.3 Å². The molecule has 0 bridgehead atoms. The average molecular weight is 662 g/mol. The molecule has 4 rings (SSSR count). The third-order valence-corrected chi connectivity index (χ3v) is 8.40. The number of benzene rings is 2. The van der Waals surface area contributed by atoms with E-state index in [2.05, 4.69) is 0 Å². The zero-order valence-electron chi connectivity index (χ0n) is 24.5. The minimum absolute atomic E-state index is 0. The van der Waals surface area contributed by atoms with Crippen molar-refractivity contribution in [2.75, 3.05) is 27.4 Å². The van der Waals surface area contributed by atoms with Crippen molar-refractivity contribution in [2.24, 2.45) is 11.8 Å². The van der Waals surface area contributed by atoms with Crippen LogP contribution in [0.5, 0.6) is 23.0 Å². The number of ether oxygens (including phenoxy) is 4. The Bertz CT molecular complexity index is 1540. The van der Waals surface area contributed by atoms with Crippen LogP contribution in [0.1, 0.15) is 53.9 Å². The van der Waals surface area contributed by atoms with Gasteiger partial charge >= 0.3 is 71.1 Å². The Labute approximate surface area is 309 Å². The first-order chi connectivity index (χ1) is 20.5. The summed E-state index contributed by atoms with van der Waals surface area (Å²) in [5.74, 6) is -1.83. The van der Waals surface area contributed by atoms with E-state index in [9.17, 15) is 19.2 Å². The van der Waals surface area contributed by atoms with E-state index in [4.69, 9.17) is 29.2 Å². The van der Waals surface area contributed by atoms with Crippen LogP contribution in [0.2, 0.25) is 0 Å². The van der Waals surface area contributed by atoms with Crippen molar-refractivity contribution >= 4 is 104 Å². The number of hydrogen-bond acceptors (Lipinski definition) is 9. The molecule has 2 aromatic carbocycles. The predicted molar refractivity (Wildman–Crippen MR) is 173 cm³/mol. The van der Waals surface area contributed by atoms with Crippen LogP contribution in [0.4, 0.5) is 0 Å². The van der Waals surface area contributed by atoms with Crippen molar-refractivity contribution in [3.05, 3.63) is 46.3 Å². The number of Topliss-reactive ketones (excluding diaryl/α,β-unsaturated/α-hetero) is 1. The number of carboxylic acid groups (broad SMARTS) is 2. The summed E-state index contributed by atoms with van der Waals surface area (Å²) >= 11 is 1.29. The number of carbonyl (C=O) groups is 4. The molecule has 0 unspecified atom stereocenters. The summed E-state index contributed by atoms with van der Waals surface area (Å²) < 4.78 is 23.8. The van der Waals surface area contributed by atoms with E-state index in [1.54, 1.807) is 30.2 Å². The number of aliphatic carboxylic acids is 2. The van der Waals surface area contributed by atoms with Crippen molar-refractivity contribution in [1.82, 2.24) is 4.90 Å². The summed E-state index contributed by atoms with van der Waals surface area (Å²) in [5.41, 5.74) is 1.86. The number of hydrogen-bond donors (Lipinski definition) is 2. The molecule has 234 valence electrons. The maximum absolute atomic E-state index is 12.6. The van der Waals surface area contributed by atoms with Gasteiger partial charge < -0.3 is 34.1 Å². The van der Waals surface area contributed by atoms with Crippen molar-refractivity contribution in [3.8, 4) is 23.0 Å². The summed E-state index contributed by atoms with van der Waals surface area (Å²) in [6.45, 7) is 4.45. The van der Waals surface area contributed by atoms with Gasteiger partial charge in [-0.05, 0) is 40.8 Å². The number of rotatable bonds is 15. The zero-order chi connectivity index (χ0) is 31.3. The Kier molecular flexibility index (Phi) is 15.2. The monoisotopic (exact) mass is 661 g/mol. The number of fused-ring (bicyclic) bond motifs is 2. The molecule has 3 aromatic rings. The summed E-state index contributed by atoms with van der Waals surface area (Å²) in [5, 5.41) is 19.0. The van der Waals surface area contributed by atoms with Gasteiger partial charge in [0.25, 0.3) is 0 Å². The van der Waals surface area contributed by atoms with Crippen molar-refractivity contribution < 1.29 is 48.3 Å². The van der Waals surface area contributed by atoms with Gasteiger partial charge in [-0.3, -0.25) is 19.2 Å². The second kappa shape index (κ2) is 17.6. The normalized spacial score (nSPS) is 13.1. The van der Waals surface area contributed by atoms with Crippen LogP contribution < -0.4 is 18.9 Å². The fourth-order valence-electron chi connectivity index (χ4n) is 4.68. The number of carbonyl (C=O) groups excluding carboxylic acids is 2. The molecule has 2 heterocycles. The van der Waals surface area contributed by atoms with Gasteiger partial charge in [-0.25, -0.2) is 0 Å². The standard InChI is InChI=1S/C31H35NO10S.2Na.2H/c1-17(30(35)36)8-22(33)28-13-19-10-25(24(40-4)14-27(19)43-28)41-6-5-7-42-26-12-21-16-32(15-20(21)11-23(26)39-3)29(34)9-18(2)31(37)38;;;;/h10-14,17-18H,5-9,15-16H2,1-4H3,(H,35,36)(H,37,38);;;;/t17-,18-;;;;/m0..../s1. The summed E-state index contributed by atoms with van der Waals surface area (Å²) in [6, 6.07) is 9.05. The van der Waals surface area contributed by atoms with Gasteiger partial charge in [0.05, 0.1) is 44.1 Å². The third-order valence-electron chi connectivity index (χ3n) is 7.26. The quantitative estimate of drug-likeness (QED) is 0.140. The van der Waals surface area contributed by atoms with E-state index >= 15 is 0 Å². The summed E-state index contributed by atoms with van der Waals surface area (Å²) in [4.78, 5) is 49.5. The van der Waals surface area contributed by atoms with Gasteiger partial charge in [0.2, 0.25) is 5.91 Å². The topological polar surface area (TPSA) is 149 Å². The Morgan fingerprint density at radius 2 is 1.29 bits per heavy atom. The van der Waals surface area contributed by atoms with E-state index in [0.717, 1.165) is 21.2 Å². The van der Waals surface area contributed by atoms with Crippen LogP contribution >= 0.6 is 11.3 Å². The fourth-order valence-corrected chi connectivity index (χ4v) is 5.70. The molecule has 2 N–H and O–H groups in total. The van der Waals surface area contributed by atoms with Gasteiger partial charge in [-0.15, -0.1) is 11.3 Å². The number of nitrogens with zero attached hydrogens (tertiary/aromatic N) is 1. The second-order valence-corrected chi connectivity index (χ2v) is 11.6. The first-order valence-corrected chi connectivity index (χ1v) is 14.7. The van der Waals surface area contributed by atoms with Crippen LogP contribution in [-0.2, 0) is 27.5 Å². The van der Waals surface area contributed by atoms with Crippen molar-refractivity contribution in [1.29, 1.82) is 0 Å². The minimum atomic E-state index is -1.01. The van der Waals surface area contributed by atoms with Gasteiger partial charge in [-0.1, -0.05) is 13.8 Å². The van der Waals surface area contributed by atoms with E-state index in [-0.39, 0.29) is 83.6 Å². The Balaban J connectivity index is 0.00000353. The molecule has 14 heteroatoms. The van der Waals surface area contributed by atoms with E-state index in [0.29, 0.717) is 60.6 Å². The van der Waals surface area contributed by atoms with Crippen LogP contribution in [0.25, 0.3) is 10.1 Å². The molecule has 0 radical (unpaired) electrons. The number of thiophene rings is 1. The number of amides is 1. The maximum atomic E-state index is 12.6. The Morgan fingerprint density at radius 1 is 0.778 bits per heavy atom. The molecule has 45 heavy (non-hydrogen) atoms. The van der Waals surface area contributed by atoms with Gasteiger partial charge in [0.1, 0.15) is 0 Å². The van der Waals surface area contributed by atoms with E-state index in [1.807, 2.05) is 12.1 Å². The first kappa shape index (κ1) is 38.9. The fraction of sp³-hybridized carbons (Fsp3) is 0.419. The number of carboxylic acids is 2. The molecule has 1 aliphatic heterocycles. The molecule has 0 fully saturated rings.